The van der Waals surface area contributed by atoms with Crippen molar-refractivity contribution in [2.45, 2.75) is 52.5 Å². The zero-order valence-electron chi connectivity index (χ0n) is 23.9. The van der Waals surface area contributed by atoms with Gasteiger partial charge in [0, 0.05) is 11.6 Å². The fourth-order valence-electron chi connectivity index (χ4n) is 5.02. The summed E-state index contributed by atoms with van der Waals surface area (Å²) < 4.78 is 13.4. The van der Waals surface area contributed by atoms with Gasteiger partial charge in [0.2, 0.25) is 0 Å². The standard InChI is InChI=1S/C33H32N2O6S/c1-5-8-25-28(32(39)40-6-2)29(21-13-11-20(12-14-21)19(3)4)35-30(36)27(42-33(35)34-25)18-24-15-16-26(41-24)22-9-7-10-23(17-22)31(37)38/h7,9-19,29H,5-6,8H2,1-4H3,(H,37,38)/b27-18-/t29-/m0/s1. The van der Waals surface area contributed by atoms with Crippen LogP contribution in [0.1, 0.15) is 79.7 Å². The Balaban J connectivity index is 1.65. The van der Waals surface area contributed by atoms with E-state index in [1.54, 1.807) is 41.8 Å². The molecule has 1 aliphatic rings. The molecule has 0 saturated heterocycles. The van der Waals surface area contributed by atoms with Gasteiger partial charge in [-0.2, -0.15) is 0 Å². The van der Waals surface area contributed by atoms with Crippen molar-refractivity contribution >= 4 is 29.4 Å². The van der Waals surface area contributed by atoms with Crippen molar-refractivity contribution < 1.29 is 23.8 Å². The number of fused-ring (bicyclic) bond motifs is 1. The molecule has 4 aromatic rings. The number of benzene rings is 2. The number of hydrogen-bond acceptors (Lipinski definition) is 7. The van der Waals surface area contributed by atoms with E-state index in [1.165, 1.54) is 23.5 Å². The Hall–Kier alpha value is -4.50. The Kier molecular flexibility index (Phi) is 8.40. The first-order valence-corrected chi connectivity index (χ1v) is 14.8. The summed E-state index contributed by atoms with van der Waals surface area (Å²) in [6, 6.07) is 17.2. The molecule has 42 heavy (non-hydrogen) atoms. The van der Waals surface area contributed by atoms with E-state index in [-0.39, 0.29) is 17.7 Å². The van der Waals surface area contributed by atoms with Crippen LogP contribution in [0.2, 0.25) is 0 Å². The van der Waals surface area contributed by atoms with Crippen LogP contribution in [0.25, 0.3) is 17.4 Å². The van der Waals surface area contributed by atoms with Gasteiger partial charge in [-0.1, -0.05) is 74.9 Å². The van der Waals surface area contributed by atoms with Crippen LogP contribution in [0.4, 0.5) is 0 Å². The van der Waals surface area contributed by atoms with Gasteiger partial charge in [0.1, 0.15) is 11.5 Å². The number of furan rings is 1. The number of carbonyl (C=O) groups excluding carboxylic acids is 1. The molecule has 216 valence electrons. The first-order chi connectivity index (χ1) is 20.2. The number of aromatic carboxylic acids is 1. The van der Waals surface area contributed by atoms with Gasteiger partial charge in [0.15, 0.2) is 4.80 Å². The lowest BCUT2D eigenvalue weighted by Crippen LogP contribution is -2.40. The normalized spacial score (nSPS) is 15.1. The summed E-state index contributed by atoms with van der Waals surface area (Å²) in [7, 11) is 0. The van der Waals surface area contributed by atoms with E-state index in [0.29, 0.717) is 50.0 Å². The molecule has 1 atom stereocenters. The lowest BCUT2D eigenvalue weighted by Gasteiger charge is -2.26. The quantitative estimate of drug-likeness (QED) is 0.254. The van der Waals surface area contributed by atoms with Crippen molar-refractivity contribution in [3.05, 3.63) is 114 Å². The first-order valence-electron chi connectivity index (χ1n) is 14.0. The van der Waals surface area contributed by atoms with Crippen LogP contribution in [0.3, 0.4) is 0 Å². The summed E-state index contributed by atoms with van der Waals surface area (Å²) in [5, 5.41) is 9.33. The van der Waals surface area contributed by atoms with E-state index < -0.39 is 18.0 Å². The summed E-state index contributed by atoms with van der Waals surface area (Å²) in [5.74, 6) is -0.247. The maximum atomic E-state index is 14.0. The van der Waals surface area contributed by atoms with Crippen molar-refractivity contribution in [1.82, 2.24) is 4.57 Å². The van der Waals surface area contributed by atoms with Gasteiger partial charge < -0.3 is 14.3 Å². The van der Waals surface area contributed by atoms with E-state index in [9.17, 15) is 19.5 Å². The van der Waals surface area contributed by atoms with Crippen molar-refractivity contribution in [1.29, 1.82) is 0 Å². The zero-order chi connectivity index (χ0) is 30.0. The van der Waals surface area contributed by atoms with Gasteiger partial charge in [-0.05, 0) is 54.7 Å². The highest BCUT2D eigenvalue weighted by Gasteiger charge is 2.34. The molecule has 0 radical (unpaired) electrons. The minimum absolute atomic E-state index is 0.153. The molecular formula is C33H32N2O6S. The fraction of sp³-hybridized carbons (Fsp3) is 0.273. The van der Waals surface area contributed by atoms with Gasteiger partial charge in [-0.3, -0.25) is 9.36 Å². The van der Waals surface area contributed by atoms with Crippen LogP contribution in [0.15, 0.2) is 86.1 Å². The lowest BCUT2D eigenvalue weighted by molar-refractivity contribution is -0.139. The van der Waals surface area contributed by atoms with E-state index in [4.69, 9.17) is 14.1 Å². The molecule has 5 rings (SSSR count). The average molecular weight is 585 g/mol. The highest BCUT2D eigenvalue weighted by Crippen LogP contribution is 2.33. The SMILES string of the molecule is CCCC1=C(C(=O)OCC)[C@H](c2ccc(C(C)C)cc2)n2c(s/c(=C\c3ccc(-c4cccc(C(=O)O)c4)o3)c2=O)=N1. The van der Waals surface area contributed by atoms with Gasteiger partial charge in [0.05, 0.1) is 34.0 Å². The maximum absolute atomic E-state index is 14.0. The number of thiazole rings is 1. The number of allylic oxidation sites excluding steroid dienone is 1. The molecule has 9 heteroatoms. The topological polar surface area (TPSA) is 111 Å². The second-order valence-corrected chi connectivity index (χ2v) is 11.3. The summed E-state index contributed by atoms with van der Waals surface area (Å²) in [6.45, 7) is 8.22. The van der Waals surface area contributed by atoms with Crippen molar-refractivity contribution in [3.8, 4) is 11.3 Å². The minimum atomic E-state index is -1.03. The molecule has 0 spiro atoms. The Bertz CT molecular complexity index is 1860. The number of carboxylic acids is 1. The summed E-state index contributed by atoms with van der Waals surface area (Å²) in [4.78, 5) is 44.0. The van der Waals surface area contributed by atoms with Gasteiger partial charge in [-0.15, -0.1) is 0 Å². The molecule has 0 aliphatic carbocycles. The summed E-state index contributed by atoms with van der Waals surface area (Å²) in [6.07, 6.45) is 2.99. The molecule has 2 aromatic heterocycles. The number of nitrogens with zero attached hydrogens (tertiary/aromatic N) is 2. The van der Waals surface area contributed by atoms with E-state index >= 15 is 0 Å². The number of carbonyl (C=O) groups is 2. The van der Waals surface area contributed by atoms with Crippen LogP contribution >= 0.6 is 11.3 Å². The van der Waals surface area contributed by atoms with Crippen LogP contribution in [0.5, 0.6) is 0 Å². The number of esters is 1. The molecule has 0 unspecified atom stereocenters. The minimum Gasteiger partial charge on any atom is -0.478 e. The highest BCUT2D eigenvalue weighted by molar-refractivity contribution is 7.07. The van der Waals surface area contributed by atoms with E-state index in [0.717, 1.165) is 17.5 Å². The Morgan fingerprint density at radius 1 is 1.12 bits per heavy atom. The Labute approximate surface area is 246 Å². The molecule has 2 aromatic carbocycles. The van der Waals surface area contributed by atoms with Crippen LogP contribution in [0, 0.1) is 0 Å². The third kappa shape index (κ3) is 5.65. The van der Waals surface area contributed by atoms with Crippen LogP contribution < -0.4 is 14.9 Å². The molecule has 8 nitrogen and oxygen atoms in total. The van der Waals surface area contributed by atoms with Crippen molar-refractivity contribution in [2.24, 2.45) is 4.99 Å². The fourth-order valence-corrected chi connectivity index (χ4v) is 6.02. The molecular weight excluding hydrogens is 552 g/mol. The molecule has 0 saturated carbocycles. The van der Waals surface area contributed by atoms with Gasteiger partial charge in [-0.25, -0.2) is 14.6 Å². The molecule has 0 bridgehead atoms. The number of carboxylic acid groups (broad SMARTS) is 1. The number of hydrogen-bond donors (Lipinski definition) is 1. The van der Waals surface area contributed by atoms with Gasteiger partial charge in [0.25, 0.3) is 5.56 Å². The van der Waals surface area contributed by atoms with Crippen LogP contribution in [-0.4, -0.2) is 28.2 Å². The second-order valence-electron chi connectivity index (χ2n) is 10.3. The monoisotopic (exact) mass is 584 g/mol. The predicted octanol–water partition coefficient (Wildman–Crippen LogP) is 5.66. The summed E-state index contributed by atoms with van der Waals surface area (Å²) in [5.41, 5.74) is 3.44. The maximum Gasteiger partial charge on any atom is 0.338 e. The molecule has 1 N–H and O–H groups in total. The summed E-state index contributed by atoms with van der Waals surface area (Å²) >= 11 is 1.24. The lowest BCUT2D eigenvalue weighted by atomic mass is 9.92. The van der Waals surface area contributed by atoms with Crippen LogP contribution in [-0.2, 0) is 9.53 Å². The Morgan fingerprint density at radius 3 is 2.55 bits per heavy atom. The third-order valence-corrected chi connectivity index (χ3v) is 8.09. The largest absolute Gasteiger partial charge is 0.478 e. The highest BCUT2D eigenvalue weighted by atomic mass is 32.1. The van der Waals surface area contributed by atoms with Crippen molar-refractivity contribution in [3.63, 3.8) is 0 Å². The van der Waals surface area contributed by atoms with Crippen molar-refractivity contribution in [2.75, 3.05) is 6.61 Å². The molecule has 1 aliphatic heterocycles. The molecule has 3 heterocycles. The van der Waals surface area contributed by atoms with Gasteiger partial charge >= 0.3 is 11.9 Å². The predicted molar refractivity (Wildman–Crippen MR) is 161 cm³/mol. The van der Waals surface area contributed by atoms with E-state index in [2.05, 4.69) is 13.8 Å². The Morgan fingerprint density at radius 2 is 1.88 bits per heavy atom. The number of rotatable bonds is 9. The number of aromatic nitrogens is 1. The number of ether oxygens (including phenoxy) is 1. The van der Waals surface area contributed by atoms with E-state index in [1.807, 2.05) is 31.2 Å². The first kappa shape index (κ1) is 29.0. The average Bonchev–Trinajstić information content (AvgIpc) is 3.57. The third-order valence-electron chi connectivity index (χ3n) is 7.11. The smallest absolute Gasteiger partial charge is 0.338 e. The molecule has 0 amide bonds. The second kappa shape index (κ2) is 12.2. The molecule has 0 fully saturated rings. The zero-order valence-corrected chi connectivity index (χ0v) is 24.7.